The molecule has 1 fully saturated rings. The lowest BCUT2D eigenvalue weighted by Crippen LogP contribution is -2.43. The predicted molar refractivity (Wildman–Crippen MR) is 156 cm³/mol. The average Bonchev–Trinajstić information content (AvgIpc) is 2.95. The molecule has 36 heavy (non-hydrogen) atoms. The highest BCUT2D eigenvalue weighted by Crippen LogP contribution is 2.31. The van der Waals surface area contributed by atoms with E-state index in [1.807, 2.05) is 18.0 Å². The van der Waals surface area contributed by atoms with E-state index in [0.717, 1.165) is 44.0 Å². The van der Waals surface area contributed by atoms with Crippen LogP contribution in [-0.4, -0.2) is 43.5 Å². The second kappa shape index (κ2) is 12.8. The van der Waals surface area contributed by atoms with Gasteiger partial charge in [-0.2, -0.15) is 0 Å². The summed E-state index contributed by atoms with van der Waals surface area (Å²) in [6.07, 6.45) is 6.93. The molecule has 3 aromatic carbocycles. The molecule has 1 aliphatic heterocycles. The fourth-order valence-corrected chi connectivity index (χ4v) is 5.81. The van der Waals surface area contributed by atoms with Gasteiger partial charge in [-0.05, 0) is 72.2 Å². The second-order valence-electron chi connectivity index (χ2n) is 9.38. The van der Waals surface area contributed by atoms with Crippen molar-refractivity contribution < 1.29 is 0 Å². The molecule has 186 valence electrons. The van der Waals surface area contributed by atoms with Crippen molar-refractivity contribution in [2.24, 2.45) is 0 Å². The van der Waals surface area contributed by atoms with Crippen molar-refractivity contribution in [1.29, 1.82) is 0 Å². The molecule has 0 spiro atoms. The normalized spacial score (nSPS) is 13.7. The van der Waals surface area contributed by atoms with Gasteiger partial charge in [-0.25, -0.2) is 0 Å². The van der Waals surface area contributed by atoms with Crippen LogP contribution >= 0.6 is 11.8 Å². The second-order valence-corrected chi connectivity index (χ2v) is 10.5. The Hall–Kier alpha value is -3.02. The van der Waals surface area contributed by atoms with Gasteiger partial charge in [0.2, 0.25) is 0 Å². The van der Waals surface area contributed by atoms with Crippen LogP contribution in [0, 0.1) is 0 Å². The summed E-state index contributed by atoms with van der Waals surface area (Å²) in [4.78, 5) is 8.37. The number of pyridine rings is 1. The van der Waals surface area contributed by atoms with Gasteiger partial charge in [-0.1, -0.05) is 49.2 Å². The molecule has 0 unspecified atom stereocenters. The number of rotatable bonds is 11. The number of piperazine rings is 1. The highest BCUT2D eigenvalue weighted by molar-refractivity contribution is 7.99. The zero-order valence-corrected chi connectivity index (χ0v) is 21.8. The molecule has 2 N–H and O–H groups in total. The maximum Gasteiger partial charge on any atom is 0.0713 e. The Morgan fingerprint density at radius 2 is 1.61 bits per heavy atom. The molecule has 0 radical (unpaired) electrons. The van der Waals surface area contributed by atoms with Gasteiger partial charge >= 0.3 is 0 Å². The summed E-state index contributed by atoms with van der Waals surface area (Å²) in [7, 11) is 0. The molecule has 1 aliphatic rings. The van der Waals surface area contributed by atoms with E-state index in [4.69, 9.17) is 0 Å². The highest BCUT2D eigenvalue weighted by atomic mass is 32.2. The average molecular weight is 497 g/mol. The number of nitrogens with zero attached hydrogens (tertiary/aromatic N) is 2. The topological polar surface area (TPSA) is 40.2 Å². The molecule has 4 nitrogen and oxygen atoms in total. The number of aromatic nitrogens is 1. The lowest BCUT2D eigenvalue weighted by molar-refractivity contribution is 0.589. The zero-order valence-electron chi connectivity index (χ0n) is 21.0. The summed E-state index contributed by atoms with van der Waals surface area (Å²) in [5.74, 6) is 1.15. The number of nitrogens with one attached hydrogen (secondary N) is 2. The van der Waals surface area contributed by atoms with Crippen LogP contribution in [0.1, 0.15) is 25.7 Å². The van der Waals surface area contributed by atoms with Crippen molar-refractivity contribution in [3.05, 3.63) is 85.1 Å². The summed E-state index contributed by atoms with van der Waals surface area (Å²) >= 11 is 1.96. The Balaban J connectivity index is 1.02. The Labute approximate surface area is 219 Å². The number of anilines is 2. The van der Waals surface area contributed by atoms with Crippen molar-refractivity contribution in [1.82, 2.24) is 10.3 Å². The van der Waals surface area contributed by atoms with Crippen molar-refractivity contribution >= 4 is 34.0 Å². The molecule has 4 aromatic rings. The summed E-state index contributed by atoms with van der Waals surface area (Å²) in [5.41, 5.74) is 6.14. The van der Waals surface area contributed by atoms with E-state index in [2.05, 4.69) is 99.4 Å². The first kappa shape index (κ1) is 24.7. The Morgan fingerprint density at radius 3 is 2.44 bits per heavy atom. The third kappa shape index (κ3) is 6.59. The van der Waals surface area contributed by atoms with Crippen LogP contribution in [0.2, 0.25) is 0 Å². The molecule has 1 aromatic heterocycles. The zero-order chi connectivity index (χ0) is 24.4. The van der Waals surface area contributed by atoms with Gasteiger partial charge in [-0.15, -0.1) is 11.8 Å². The third-order valence-electron chi connectivity index (χ3n) is 6.82. The van der Waals surface area contributed by atoms with E-state index in [9.17, 15) is 0 Å². The van der Waals surface area contributed by atoms with E-state index in [0.29, 0.717) is 0 Å². The monoisotopic (exact) mass is 496 g/mol. The fourth-order valence-electron chi connectivity index (χ4n) is 4.77. The number of thioether (sulfide) groups is 1. The molecule has 0 atom stereocenters. The Kier molecular flexibility index (Phi) is 8.77. The molecular formula is C31H36N4S. The SMILES string of the molecule is c1ccc(-c2ccc3nccc(SCCCCCCNc4ccc(N5CCNCC5)cc4)c3c2)cc1. The first-order chi connectivity index (χ1) is 17.9. The van der Waals surface area contributed by atoms with E-state index >= 15 is 0 Å². The standard InChI is InChI=1S/C31H36N4S/c1(6-17-33-27-11-13-28(14-12-27)35-21-19-32-20-22-35)2-7-23-36-31-16-18-34-30-15-10-26(24-29(30)31)25-8-4-3-5-9-25/h3-5,8-16,18,24,32-33H,1-2,6-7,17,19-23H2. The van der Waals surface area contributed by atoms with Crippen LogP contribution in [-0.2, 0) is 0 Å². The summed E-state index contributed by atoms with van der Waals surface area (Å²) in [6, 6.07) is 28.3. The molecule has 0 aliphatic carbocycles. The van der Waals surface area contributed by atoms with Gasteiger partial charge in [0, 0.05) is 60.6 Å². The van der Waals surface area contributed by atoms with E-state index in [1.165, 1.54) is 58.5 Å². The maximum atomic E-state index is 4.58. The van der Waals surface area contributed by atoms with Crippen LogP contribution in [0.5, 0.6) is 0 Å². The van der Waals surface area contributed by atoms with E-state index < -0.39 is 0 Å². The molecular weight excluding hydrogens is 460 g/mol. The summed E-state index contributed by atoms with van der Waals surface area (Å²) < 4.78 is 0. The minimum atomic E-state index is 1.04. The number of unbranched alkanes of at least 4 members (excludes halogenated alkanes) is 3. The minimum Gasteiger partial charge on any atom is -0.385 e. The van der Waals surface area contributed by atoms with E-state index in [1.54, 1.807) is 0 Å². The Bertz CT molecular complexity index is 1220. The first-order valence-corrected chi connectivity index (χ1v) is 14.2. The quantitative estimate of drug-likeness (QED) is 0.172. The molecule has 5 rings (SSSR count). The minimum absolute atomic E-state index is 1.04. The van der Waals surface area contributed by atoms with Crippen molar-refractivity contribution in [2.45, 2.75) is 30.6 Å². The highest BCUT2D eigenvalue weighted by Gasteiger charge is 2.10. The van der Waals surface area contributed by atoms with Gasteiger partial charge in [0.25, 0.3) is 0 Å². The van der Waals surface area contributed by atoms with E-state index in [-0.39, 0.29) is 0 Å². The lowest BCUT2D eigenvalue weighted by atomic mass is 10.0. The van der Waals surface area contributed by atoms with Crippen molar-refractivity contribution in [2.75, 3.05) is 48.7 Å². The number of fused-ring (bicyclic) bond motifs is 1. The van der Waals surface area contributed by atoms with Crippen molar-refractivity contribution in [3.63, 3.8) is 0 Å². The third-order valence-corrected chi connectivity index (χ3v) is 7.98. The molecule has 0 bridgehead atoms. The van der Waals surface area contributed by atoms with Crippen LogP contribution in [0.15, 0.2) is 90.0 Å². The smallest absolute Gasteiger partial charge is 0.0713 e. The number of hydrogen-bond acceptors (Lipinski definition) is 5. The largest absolute Gasteiger partial charge is 0.385 e. The predicted octanol–water partition coefficient (Wildman–Crippen LogP) is 7.08. The summed E-state index contributed by atoms with van der Waals surface area (Å²) in [6.45, 7) is 5.38. The van der Waals surface area contributed by atoms with Crippen molar-refractivity contribution in [3.8, 4) is 11.1 Å². The summed E-state index contributed by atoms with van der Waals surface area (Å²) in [5, 5.41) is 8.26. The Morgan fingerprint density at radius 1 is 0.806 bits per heavy atom. The molecule has 1 saturated heterocycles. The van der Waals surface area contributed by atoms with Crippen LogP contribution in [0.4, 0.5) is 11.4 Å². The first-order valence-electron chi connectivity index (χ1n) is 13.2. The molecule has 2 heterocycles. The van der Waals surface area contributed by atoms with Crippen LogP contribution < -0.4 is 15.5 Å². The molecule has 0 amide bonds. The lowest BCUT2D eigenvalue weighted by Gasteiger charge is -2.29. The van der Waals surface area contributed by atoms with Crippen LogP contribution in [0.25, 0.3) is 22.0 Å². The van der Waals surface area contributed by atoms with Crippen LogP contribution in [0.3, 0.4) is 0 Å². The maximum absolute atomic E-state index is 4.58. The number of hydrogen-bond donors (Lipinski definition) is 2. The van der Waals surface area contributed by atoms with Gasteiger partial charge in [0.1, 0.15) is 0 Å². The van der Waals surface area contributed by atoms with Gasteiger partial charge in [-0.3, -0.25) is 4.98 Å². The molecule has 5 heteroatoms. The fraction of sp³-hybridized carbons (Fsp3) is 0.323. The van der Waals surface area contributed by atoms with Gasteiger partial charge in [0.15, 0.2) is 0 Å². The molecule has 0 saturated carbocycles. The van der Waals surface area contributed by atoms with Gasteiger partial charge in [0.05, 0.1) is 5.52 Å². The number of benzene rings is 3. The van der Waals surface area contributed by atoms with Gasteiger partial charge < -0.3 is 15.5 Å².